The van der Waals surface area contributed by atoms with Gasteiger partial charge < -0.3 is 4.90 Å². The van der Waals surface area contributed by atoms with E-state index in [-0.39, 0.29) is 0 Å². The van der Waals surface area contributed by atoms with Crippen LogP contribution in [-0.4, -0.2) is 27.7 Å². The van der Waals surface area contributed by atoms with Gasteiger partial charge in [-0.1, -0.05) is 19.8 Å². The van der Waals surface area contributed by atoms with Gasteiger partial charge in [-0.05, 0) is 12.2 Å². The van der Waals surface area contributed by atoms with E-state index in [9.17, 15) is 4.79 Å². The molecule has 0 aromatic carbocycles. The van der Waals surface area contributed by atoms with Crippen LogP contribution in [0.5, 0.6) is 0 Å². The number of unbranched alkanes of at least 4 members (excludes halogenated alkanes) is 2. The summed E-state index contributed by atoms with van der Waals surface area (Å²) >= 11 is 3.83. The first kappa shape index (κ1) is 11.4. The molecule has 84 valence electrons. The van der Waals surface area contributed by atoms with Crippen LogP contribution in [-0.2, 0) is 4.79 Å². The Balaban J connectivity index is 1.75. The van der Waals surface area contributed by atoms with E-state index in [4.69, 9.17) is 0 Å². The number of nitrogens with zero attached hydrogens (tertiary/aromatic N) is 1. The third-order valence-corrected chi connectivity index (χ3v) is 5.24. The number of hydrogen-bond acceptors (Lipinski definition) is 3. The molecule has 2 aliphatic rings. The molecule has 0 spiro atoms. The summed E-state index contributed by atoms with van der Waals surface area (Å²) in [4.78, 5) is 14.5. The van der Waals surface area contributed by atoms with Crippen molar-refractivity contribution in [2.75, 3.05) is 11.5 Å². The summed E-state index contributed by atoms with van der Waals surface area (Å²) in [6, 6.07) is 0. The number of β-lactam (4-membered cyclic amide) rings is 1. The Kier molecular flexibility index (Phi) is 4.03. The highest BCUT2D eigenvalue weighted by Gasteiger charge is 2.37. The van der Waals surface area contributed by atoms with Gasteiger partial charge in [0.2, 0.25) is 5.91 Å². The fourth-order valence-electron chi connectivity index (χ4n) is 1.70. The Bertz CT molecular complexity index is 278. The Morgan fingerprint density at radius 3 is 3.20 bits per heavy atom. The number of amides is 1. The number of carbonyl (C=O) groups excluding carboxylic acids is 1. The molecule has 2 rings (SSSR count). The van der Waals surface area contributed by atoms with E-state index in [0.717, 1.165) is 12.2 Å². The number of rotatable bonds is 5. The maximum absolute atomic E-state index is 11.2. The van der Waals surface area contributed by atoms with Crippen molar-refractivity contribution in [3.05, 3.63) is 11.1 Å². The normalized spacial score (nSPS) is 24.6. The monoisotopic (exact) mass is 243 g/mol. The summed E-state index contributed by atoms with van der Waals surface area (Å²) in [5.74, 6) is 2.59. The lowest BCUT2D eigenvalue weighted by Gasteiger charge is -2.40. The summed E-state index contributed by atoms with van der Waals surface area (Å²) in [5.41, 5.74) is 0. The SMILES string of the molecule is CCCCCSC1=CN2C(=O)C[C@@H]2SC1. The van der Waals surface area contributed by atoms with Crippen molar-refractivity contribution in [1.29, 1.82) is 0 Å². The van der Waals surface area contributed by atoms with E-state index in [0.29, 0.717) is 11.3 Å². The zero-order valence-electron chi connectivity index (χ0n) is 9.07. The van der Waals surface area contributed by atoms with Crippen molar-refractivity contribution >= 4 is 29.4 Å². The molecule has 4 heteroatoms. The molecule has 1 atom stereocenters. The van der Waals surface area contributed by atoms with Gasteiger partial charge in [-0.15, -0.1) is 23.5 Å². The summed E-state index contributed by atoms with van der Waals surface area (Å²) in [7, 11) is 0. The Morgan fingerprint density at radius 1 is 1.60 bits per heavy atom. The van der Waals surface area contributed by atoms with Crippen molar-refractivity contribution in [2.24, 2.45) is 0 Å². The quantitative estimate of drug-likeness (QED) is 0.547. The predicted octanol–water partition coefficient (Wildman–Crippen LogP) is 3.06. The summed E-state index contributed by atoms with van der Waals surface area (Å²) in [5, 5.41) is 0.456. The van der Waals surface area contributed by atoms with Crippen LogP contribution < -0.4 is 0 Å². The van der Waals surface area contributed by atoms with Gasteiger partial charge in [0.25, 0.3) is 0 Å². The van der Waals surface area contributed by atoms with Gasteiger partial charge in [-0.25, -0.2) is 0 Å². The Morgan fingerprint density at radius 2 is 2.47 bits per heavy atom. The van der Waals surface area contributed by atoms with E-state index < -0.39 is 0 Å². The molecule has 2 nitrogen and oxygen atoms in total. The minimum Gasteiger partial charge on any atom is -0.305 e. The van der Waals surface area contributed by atoms with Crippen molar-refractivity contribution in [3.8, 4) is 0 Å². The third-order valence-electron chi connectivity index (χ3n) is 2.68. The van der Waals surface area contributed by atoms with Gasteiger partial charge in [-0.3, -0.25) is 4.79 Å². The van der Waals surface area contributed by atoms with Gasteiger partial charge in [-0.2, -0.15) is 0 Å². The zero-order valence-corrected chi connectivity index (χ0v) is 10.7. The first-order valence-corrected chi connectivity index (χ1v) is 7.61. The number of fused-ring (bicyclic) bond motifs is 1. The Hall–Kier alpha value is -0.0900. The topological polar surface area (TPSA) is 20.3 Å². The molecular weight excluding hydrogens is 226 g/mol. The molecule has 1 amide bonds. The molecule has 0 aromatic heterocycles. The molecule has 0 radical (unpaired) electrons. The van der Waals surface area contributed by atoms with E-state index in [1.54, 1.807) is 0 Å². The maximum Gasteiger partial charge on any atom is 0.230 e. The van der Waals surface area contributed by atoms with Crippen LogP contribution in [0.25, 0.3) is 0 Å². The van der Waals surface area contributed by atoms with Gasteiger partial charge in [0, 0.05) is 16.9 Å². The fourth-order valence-corrected chi connectivity index (χ4v) is 4.07. The largest absolute Gasteiger partial charge is 0.305 e. The highest BCUT2D eigenvalue weighted by atomic mass is 32.2. The maximum atomic E-state index is 11.2. The first-order chi connectivity index (χ1) is 7.31. The minimum absolute atomic E-state index is 0.291. The molecule has 2 aliphatic heterocycles. The van der Waals surface area contributed by atoms with Crippen molar-refractivity contribution in [2.45, 2.75) is 38.0 Å². The zero-order chi connectivity index (χ0) is 10.7. The average Bonchev–Trinajstić information content (AvgIpc) is 2.25. The lowest BCUT2D eigenvalue weighted by Crippen LogP contribution is -2.48. The molecule has 1 fully saturated rings. The molecule has 15 heavy (non-hydrogen) atoms. The lowest BCUT2D eigenvalue weighted by atomic mass is 10.2. The highest BCUT2D eigenvalue weighted by molar-refractivity contribution is 8.06. The van der Waals surface area contributed by atoms with E-state index in [1.807, 2.05) is 28.4 Å². The fraction of sp³-hybridized carbons (Fsp3) is 0.727. The summed E-state index contributed by atoms with van der Waals surface area (Å²) in [6.45, 7) is 2.23. The smallest absolute Gasteiger partial charge is 0.230 e. The van der Waals surface area contributed by atoms with Crippen LogP contribution in [0.3, 0.4) is 0 Å². The van der Waals surface area contributed by atoms with Crippen molar-refractivity contribution < 1.29 is 4.79 Å². The van der Waals surface area contributed by atoms with Gasteiger partial charge in [0.05, 0.1) is 11.8 Å². The van der Waals surface area contributed by atoms with Gasteiger partial charge >= 0.3 is 0 Å². The number of thioether (sulfide) groups is 2. The third kappa shape index (κ3) is 2.72. The molecule has 1 saturated heterocycles. The summed E-state index contributed by atoms with van der Waals surface area (Å²) in [6.07, 6.45) is 6.71. The van der Waals surface area contributed by atoms with Crippen LogP contribution in [0.4, 0.5) is 0 Å². The predicted molar refractivity (Wildman–Crippen MR) is 67.8 cm³/mol. The standard InChI is InChI=1S/C11H17NOS2/c1-2-3-4-5-14-9-7-12-10(13)6-11(12)15-8-9/h7,11H,2-6,8H2,1H3/t11-/m0/s1. The van der Waals surface area contributed by atoms with Gasteiger partial charge in [0.15, 0.2) is 0 Å². The molecule has 0 aromatic rings. The molecule has 0 aliphatic carbocycles. The molecular formula is C11H17NOS2. The van der Waals surface area contributed by atoms with Crippen LogP contribution in [0.1, 0.15) is 32.6 Å². The minimum atomic E-state index is 0.291. The number of carbonyl (C=O) groups is 1. The lowest BCUT2D eigenvalue weighted by molar-refractivity contribution is -0.137. The highest BCUT2D eigenvalue weighted by Crippen LogP contribution is 2.38. The van der Waals surface area contributed by atoms with Crippen molar-refractivity contribution in [1.82, 2.24) is 4.90 Å². The van der Waals surface area contributed by atoms with Crippen LogP contribution >= 0.6 is 23.5 Å². The van der Waals surface area contributed by atoms with Crippen LogP contribution in [0.15, 0.2) is 11.1 Å². The number of hydrogen-bond donors (Lipinski definition) is 0. The second-order valence-corrected chi connectivity index (χ2v) is 6.31. The van der Waals surface area contributed by atoms with Gasteiger partial charge in [0.1, 0.15) is 0 Å². The molecule has 0 N–H and O–H groups in total. The first-order valence-electron chi connectivity index (χ1n) is 5.57. The average molecular weight is 243 g/mol. The molecule has 0 bridgehead atoms. The molecule has 0 saturated carbocycles. The van der Waals surface area contributed by atoms with Crippen LogP contribution in [0, 0.1) is 0 Å². The second-order valence-electron chi connectivity index (χ2n) is 3.92. The van der Waals surface area contributed by atoms with Crippen LogP contribution in [0.2, 0.25) is 0 Å². The van der Waals surface area contributed by atoms with E-state index in [1.165, 1.54) is 29.9 Å². The Labute approximate surface area is 99.9 Å². The van der Waals surface area contributed by atoms with E-state index >= 15 is 0 Å². The molecule has 2 heterocycles. The van der Waals surface area contributed by atoms with E-state index in [2.05, 4.69) is 13.1 Å². The second kappa shape index (κ2) is 5.30. The summed E-state index contributed by atoms with van der Waals surface area (Å²) < 4.78 is 0. The molecule has 0 unspecified atom stereocenters. The van der Waals surface area contributed by atoms with Crippen molar-refractivity contribution in [3.63, 3.8) is 0 Å².